The van der Waals surface area contributed by atoms with Gasteiger partial charge in [0.1, 0.15) is 0 Å². The lowest BCUT2D eigenvalue weighted by Gasteiger charge is -2.09. The van der Waals surface area contributed by atoms with Gasteiger partial charge >= 0.3 is 5.97 Å². The maximum atomic E-state index is 12.2. The molecular weight excluding hydrogens is 330 g/mol. The number of benzene rings is 2. The Morgan fingerprint density at radius 3 is 2.58 bits per heavy atom. The van der Waals surface area contributed by atoms with E-state index in [2.05, 4.69) is 10.4 Å². The van der Waals surface area contributed by atoms with Crippen molar-refractivity contribution in [2.24, 2.45) is 0 Å². The quantitative estimate of drug-likeness (QED) is 0.694. The summed E-state index contributed by atoms with van der Waals surface area (Å²) in [6.07, 6.45) is 4.50. The standard InChI is InChI=1S/C20H19N3O3/c1-26-20(25)17-9-5-6-10-18(17)22-19(24)12-11-15-13-21-23(14-15)16-7-3-2-4-8-16/h2-10,13-14H,11-12H2,1H3,(H,22,24). The molecule has 0 bridgehead atoms. The van der Waals surface area contributed by atoms with E-state index in [0.717, 1.165) is 11.3 Å². The molecule has 0 fully saturated rings. The third-order valence-corrected chi connectivity index (χ3v) is 3.90. The van der Waals surface area contributed by atoms with Crippen molar-refractivity contribution in [2.75, 3.05) is 12.4 Å². The van der Waals surface area contributed by atoms with Crippen LogP contribution in [0.3, 0.4) is 0 Å². The summed E-state index contributed by atoms with van der Waals surface area (Å²) in [4.78, 5) is 24.0. The molecular formula is C20H19N3O3. The number of rotatable bonds is 6. The molecule has 6 nitrogen and oxygen atoms in total. The number of para-hydroxylation sites is 2. The Kier molecular flexibility index (Phi) is 5.43. The Labute approximate surface area is 151 Å². The highest BCUT2D eigenvalue weighted by Gasteiger charge is 2.13. The Hall–Kier alpha value is -3.41. The summed E-state index contributed by atoms with van der Waals surface area (Å²) in [5.74, 6) is -0.654. The van der Waals surface area contributed by atoms with Gasteiger partial charge in [-0.1, -0.05) is 30.3 Å². The van der Waals surface area contributed by atoms with Crippen molar-refractivity contribution < 1.29 is 14.3 Å². The number of methoxy groups -OCH3 is 1. The van der Waals surface area contributed by atoms with Crippen LogP contribution in [0.1, 0.15) is 22.3 Å². The lowest BCUT2D eigenvalue weighted by Crippen LogP contribution is -2.15. The van der Waals surface area contributed by atoms with Crippen LogP contribution in [0.15, 0.2) is 67.0 Å². The van der Waals surface area contributed by atoms with Gasteiger partial charge in [0.05, 0.1) is 30.2 Å². The molecule has 0 radical (unpaired) electrons. The highest BCUT2D eigenvalue weighted by atomic mass is 16.5. The fourth-order valence-corrected chi connectivity index (χ4v) is 2.56. The molecule has 1 amide bonds. The van der Waals surface area contributed by atoms with Gasteiger partial charge < -0.3 is 10.1 Å². The third-order valence-electron chi connectivity index (χ3n) is 3.90. The van der Waals surface area contributed by atoms with E-state index in [9.17, 15) is 9.59 Å². The largest absolute Gasteiger partial charge is 0.465 e. The molecule has 1 aromatic heterocycles. The Balaban J connectivity index is 1.60. The number of hydrogen-bond acceptors (Lipinski definition) is 4. The van der Waals surface area contributed by atoms with Gasteiger partial charge in [0.15, 0.2) is 0 Å². The van der Waals surface area contributed by atoms with Gasteiger partial charge in [-0.15, -0.1) is 0 Å². The van der Waals surface area contributed by atoms with Crippen molar-refractivity contribution >= 4 is 17.6 Å². The van der Waals surface area contributed by atoms with Crippen molar-refractivity contribution in [3.8, 4) is 5.69 Å². The van der Waals surface area contributed by atoms with Crippen LogP contribution < -0.4 is 5.32 Å². The van der Waals surface area contributed by atoms with Crippen LogP contribution in [0, 0.1) is 0 Å². The molecule has 0 atom stereocenters. The second-order valence-electron chi connectivity index (χ2n) is 5.71. The first-order valence-corrected chi connectivity index (χ1v) is 8.23. The Bertz CT molecular complexity index is 903. The van der Waals surface area contributed by atoms with E-state index in [-0.39, 0.29) is 12.3 Å². The lowest BCUT2D eigenvalue weighted by atomic mass is 10.1. The molecule has 0 aliphatic rings. The number of aryl methyl sites for hydroxylation is 1. The Morgan fingerprint density at radius 1 is 1.08 bits per heavy atom. The minimum Gasteiger partial charge on any atom is -0.465 e. The highest BCUT2D eigenvalue weighted by molar-refractivity contribution is 6.01. The van der Waals surface area contributed by atoms with Gasteiger partial charge in [0, 0.05) is 12.6 Å². The van der Waals surface area contributed by atoms with Crippen LogP contribution in [0.4, 0.5) is 5.69 Å². The maximum Gasteiger partial charge on any atom is 0.339 e. The molecule has 3 aromatic rings. The zero-order valence-electron chi connectivity index (χ0n) is 14.4. The number of carbonyl (C=O) groups excluding carboxylic acids is 2. The van der Waals surface area contributed by atoms with Gasteiger partial charge in [-0.05, 0) is 36.2 Å². The summed E-state index contributed by atoms with van der Waals surface area (Å²) in [6, 6.07) is 16.5. The smallest absolute Gasteiger partial charge is 0.339 e. The number of esters is 1. The normalized spacial score (nSPS) is 10.3. The molecule has 0 saturated carbocycles. The number of nitrogens with zero attached hydrogens (tertiary/aromatic N) is 2. The summed E-state index contributed by atoms with van der Waals surface area (Å²) in [7, 11) is 1.31. The van der Waals surface area contributed by atoms with Gasteiger partial charge in [-0.25, -0.2) is 9.48 Å². The highest BCUT2D eigenvalue weighted by Crippen LogP contribution is 2.17. The summed E-state index contributed by atoms with van der Waals surface area (Å²) in [5.41, 5.74) is 2.71. The van der Waals surface area contributed by atoms with Gasteiger partial charge in [-0.3, -0.25) is 4.79 Å². The van der Waals surface area contributed by atoms with Crippen LogP contribution in [-0.2, 0) is 16.0 Å². The van der Waals surface area contributed by atoms with Crippen LogP contribution in [0.5, 0.6) is 0 Å². The fraction of sp³-hybridized carbons (Fsp3) is 0.150. The SMILES string of the molecule is COC(=O)c1ccccc1NC(=O)CCc1cnn(-c2ccccc2)c1. The summed E-state index contributed by atoms with van der Waals surface area (Å²) in [6.45, 7) is 0. The van der Waals surface area contributed by atoms with Crippen LogP contribution >= 0.6 is 0 Å². The lowest BCUT2D eigenvalue weighted by molar-refractivity contribution is -0.116. The average molecular weight is 349 g/mol. The summed E-state index contributed by atoms with van der Waals surface area (Å²) >= 11 is 0. The number of ether oxygens (including phenoxy) is 1. The number of anilines is 1. The minimum atomic E-state index is -0.481. The van der Waals surface area contributed by atoms with Crippen molar-refractivity contribution in [3.63, 3.8) is 0 Å². The zero-order valence-corrected chi connectivity index (χ0v) is 14.4. The summed E-state index contributed by atoms with van der Waals surface area (Å²) in [5, 5.41) is 7.09. The van der Waals surface area contributed by atoms with Gasteiger partial charge in [0.2, 0.25) is 5.91 Å². The van der Waals surface area contributed by atoms with Crippen molar-refractivity contribution in [2.45, 2.75) is 12.8 Å². The molecule has 0 unspecified atom stereocenters. The number of hydrogen-bond donors (Lipinski definition) is 1. The van der Waals surface area contributed by atoms with Crippen molar-refractivity contribution in [1.29, 1.82) is 0 Å². The van der Waals surface area contributed by atoms with E-state index in [0.29, 0.717) is 17.7 Å². The molecule has 0 spiro atoms. The van der Waals surface area contributed by atoms with Crippen LogP contribution in [0.2, 0.25) is 0 Å². The molecule has 1 heterocycles. The molecule has 26 heavy (non-hydrogen) atoms. The molecule has 0 aliphatic heterocycles. The monoisotopic (exact) mass is 349 g/mol. The first kappa shape index (κ1) is 17.4. The van der Waals surface area contributed by atoms with Crippen molar-refractivity contribution in [3.05, 3.63) is 78.1 Å². The minimum absolute atomic E-state index is 0.172. The fourth-order valence-electron chi connectivity index (χ4n) is 2.56. The van der Waals surface area contributed by atoms with E-state index >= 15 is 0 Å². The number of carbonyl (C=O) groups is 2. The third kappa shape index (κ3) is 4.16. The molecule has 0 saturated heterocycles. The Morgan fingerprint density at radius 2 is 1.81 bits per heavy atom. The van der Waals surface area contributed by atoms with E-state index in [1.54, 1.807) is 35.1 Å². The second kappa shape index (κ2) is 8.11. The van der Waals surface area contributed by atoms with Crippen LogP contribution in [0.25, 0.3) is 5.69 Å². The molecule has 6 heteroatoms. The number of nitrogens with one attached hydrogen (secondary N) is 1. The maximum absolute atomic E-state index is 12.2. The van der Waals surface area contributed by atoms with Crippen molar-refractivity contribution in [1.82, 2.24) is 9.78 Å². The number of amides is 1. The second-order valence-corrected chi connectivity index (χ2v) is 5.71. The topological polar surface area (TPSA) is 73.2 Å². The van der Waals surface area contributed by atoms with Gasteiger partial charge in [-0.2, -0.15) is 5.10 Å². The first-order valence-electron chi connectivity index (χ1n) is 8.23. The average Bonchev–Trinajstić information content (AvgIpc) is 3.16. The molecule has 1 N–H and O–H groups in total. The predicted octanol–water partition coefficient (Wildman–Crippen LogP) is 3.23. The zero-order chi connectivity index (χ0) is 18.4. The predicted molar refractivity (Wildman–Crippen MR) is 98.3 cm³/mol. The summed E-state index contributed by atoms with van der Waals surface area (Å²) < 4.78 is 6.51. The van der Waals surface area contributed by atoms with E-state index in [1.807, 2.05) is 36.5 Å². The molecule has 3 rings (SSSR count). The van der Waals surface area contributed by atoms with E-state index in [1.165, 1.54) is 7.11 Å². The number of aromatic nitrogens is 2. The molecule has 2 aromatic carbocycles. The first-order chi connectivity index (χ1) is 12.7. The van der Waals surface area contributed by atoms with E-state index in [4.69, 9.17) is 4.74 Å². The van der Waals surface area contributed by atoms with E-state index < -0.39 is 5.97 Å². The molecule has 132 valence electrons. The van der Waals surface area contributed by atoms with Gasteiger partial charge in [0.25, 0.3) is 0 Å². The molecule has 0 aliphatic carbocycles. The van der Waals surface area contributed by atoms with Crippen LogP contribution in [-0.4, -0.2) is 28.8 Å².